The number of carbonyl (C=O) groups is 3. The number of anilines is 1. The first-order chi connectivity index (χ1) is 8.82. The summed E-state index contributed by atoms with van der Waals surface area (Å²) in [6.45, 7) is 3.18. The molecule has 0 unspecified atom stereocenters. The van der Waals surface area contributed by atoms with Crippen molar-refractivity contribution in [1.29, 1.82) is 0 Å². The van der Waals surface area contributed by atoms with Crippen LogP contribution in [0.5, 0.6) is 0 Å². The summed E-state index contributed by atoms with van der Waals surface area (Å²) in [5, 5.41) is 3.86. The number of alkyl halides is 1. The number of hydrogen-bond acceptors (Lipinski definition) is 3. The number of amides is 4. The number of imide groups is 1. The molecule has 4 N–H and O–H groups in total. The number of halogens is 1. The van der Waals surface area contributed by atoms with Crippen LogP contribution in [0.4, 0.5) is 10.5 Å². The predicted molar refractivity (Wildman–Crippen MR) is 72.2 cm³/mol. The van der Waals surface area contributed by atoms with E-state index in [9.17, 15) is 14.4 Å². The van der Waals surface area contributed by atoms with Gasteiger partial charge in [0, 0.05) is 11.3 Å². The largest absolute Gasteiger partial charge is 0.351 e. The van der Waals surface area contributed by atoms with Crippen molar-refractivity contribution >= 4 is 35.1 Å². The summed E-state index contributed by atoms with van der Waals surface area (Å²) in [6.07, 6.45) is 0. The van der Waals surface area contributed by atoms with Crippen molar-refractivity contribution in [3.8, 4) is 0 Å². The molecule has 7 heteroatoms. The lowest BCUT2D eigenvalue weighted by atomic mass is 10.1. The van der Waals surface area contributed by atoms with E-state index in [-0.39, 0.29) is 11.5 Å². The second-order valence-electron chi connectivity index (χ2n) is 3.90. The molecule has 0 aromatic heterocycles. The molecule has 1 aromatic carbocycles. The Morgan fingerprint density at radius 1 is 1.32 bits per heavy atom. The fraction of sp³-hybridized carbons (Fsp3) is 0.250. The van der Waals surface area contributed by atoms with Crippen molar-refractivity contribution < 1.29 is 14.4 Å². The minimum Gasteiger partial charge on any atom is -0.351 e. The molecule has 0 aliphatic rings. The van der Waals surface area contributed by atoms with Gasteiger partial charge in [-0.2, -0.15) is 0 Å². The zero-order valence-electron chi connectivity index (χ0n) is 10.5. The van der Waals surface area contributed by atoms with E-state index in [1.165, 1.54) is 13.0 Å². The summed E-state index contributed by atoms with van der Waals surface area (Å²) < 4.78 is 0. The van der Waals surface area contributed by atoms with E-state index in [4.69, 9.17) is 17.3 Å². The Morgan fingerprint density at radius 2 is 1.95 bits per heavy atom. The monoisotopic (exact) mass is 283 g/mol. The molecule has 0 fully saturated rings. The highest BCUT2D eigenvalue weighted by molar-refractivity contribution is 6.32. The second kappa shape index (κ2) is 6.19. The average Bonchev–Trinajstić information content (AvgIpc) is 2.30. The van der Waals surface area contributed by atoms with Gasteiger partial charge >= 0.3 is 6.03 Å². The molecule has 0 saturated heterocycles. The Labute approximate surface area is 115 Å². The van der Waals surface area contributed by atoms with Crippen LogP contribution in [-0.2, 0) is 4.79 Å². The average molecular weight is 284 g/mol. The normalized spacial score (nSPS) is 11.5. The Balaban J connectivity index is 3.01. The smallest absolute Gasteiger partial charge is 0.319 e. The molecule has 19 heavy (non-hydrogen) atoms. The quantitative estimate of drug-likeness (QED) is 0.730. The first-order valence-electron chi connectivity index (χ1n) is 5.48. The molecule has 0 spiro atoms. The van der Waals surface area contributed by atoms with Crippen molar-refractivity contribution in [1.82, 2.24) is 5.32 Å². The molecule has 0 bridgehead atoms. The maximum atomic E-state index is 11.7. The molecular weight excluding hydrogens is 270 g/mol. The molecular formula is C12H14ClN3O3. The molecule has 0 saturated carbocycles. The van der Waals surface area contributed by atoms with Crippen LogP contribution in [0.15, 0.2) is 18.2 Å². The van der Waals surface area contributed by atoms with Crippen LogP contribution in [0.25, 0.3) is 0 Å². The Bertz CT molecular complexity index is 529. The van der Waals surface area contributed by atoms with Crippen LogP contribution in [0.2, 0.25) is 0 Å². The van der Waals surface area contributed by atoms with E-state index >= 15 is 0 Å². The highest BCUT2D eigenvalue weighted by Crippen LogP contribution is 2.19. The van der Waals surface area contributed by atoms with E-state index in [0.717, 1.165) is 0 Å². The number of benzene rings is 1. The van der Waals surface area contributed by atoms with Gasteiger partial charge in [0.25, 0.3) is 5.91 Å². The van der Waals surface area contributed by atoms with Gasteiger partial charge in [0.05, 0.1) is 0 Å². The van der Waals surface area contributed by atoms with Gasteiger partial charge in [-0.25, -0.2) is 4.79 Å². The van der Waals surface area contributed by atoms with Gasteiger partial charge in [0.1, 0.15) is 5.38 Å². The minimum absolute atomic E-state index is 0.249. The van der Waals surface area contributed by atoms with E-state index in [1.807, 2.05) is 5.32 Å². The number of hydrogen-bond donors (Lipinski definition) is 3. The molecule has 0 radical (unpaired) electrons. The molecule has 1 aromatic rings. The number of primary amides is 1. The highest BCUT2D eigenvalue weighted by atomic mass is 35.5. The van der Waals surface area contributed by atoms with Crippen LogP contribution >= 0.6 is 11.6 Å². The third-order valence-corrected chi connectivity index (χ3v) is 2.63. The number of rotatable bonds is 3. The molecule has 0 aliphatic carbocycles. The zero-order chi connectivity index (χ0) is 14.6. The third kappa shape index (κ3) is 3.96. The molecule has 1 atom stereocenters. The third-order valence-electron chi connectivity index (χ3n) is 2.43. The van der Waals surface area contributed by atoms with Gasteiger partial charge in [0.2, 0.25) is 5.91 Å². The second-order valence-corrected chi connectivity index (χ2v) is 4.56. The van der Waals surface area contributed by atoms with E-state index in [1.54, 1.807) is 19.1 Å². The number of urea groups is 1. The minimum atomic E-state index is -0.937. The SMILES string of the molecule is Cc1c(NC(=O)[C@@H](C)Cl)cccc1C(=O)NC(N)=O. The topological polar surface area (TPSA) is 101 Å². The predicted octanol–water partition coefficient (Wildman–Crippen LogP) is 1.37. The maximum absolute atomic E-state index is 11.7. The van der Waals surface area contributed by atoms with E-state index in [2.05, 4.69) is 5.32 Å². The van der Waals surface area contributed by atoms with Crippen LogP contribution in [0.1, 0.15) is 22.8 Å². The first-order valence-corrected chi connectivity index (χ1v) is 5.92. The van der Waals surface area contributed by atoms with Crippen molar-refractivity contribution in [2.24, 2.45) is 5.73 Å². The fourth-order valence-electron chi connectivity index (χ4n) is 1.43. The Morgan fingerprint density at radius 3 is 2.47 bits per heavy atom. The number of nitrogens with two attached hydrogens (primary N) is 1. The van der Waals surface area contributed by atoms with Gasteiger partial charge in [-0.1, -0.05) is 6.07 Å². The molecule has 1 rings (SSSR count). The lowest BCUT2D eigenvalue weighted by Gasteiger charge is -2.12. The lowest BCUT2D eigenvalue weighted by molar-refractivity contribution is -0.115. The van der Waals surface area contributed by atoms with Gasteiger partial charge < -0.3 is 11.1 Å². The number of nitrogens with one attached hydrogen (secondary N) is 2. The van der Waals surface area contributed by atoms with E-state index < -0.39 is 17.3 Å². The van der Waals surface area contributed by atoms with Gasteiger partial charge in [0.15, 0.2) is 0 Å². The molecule has 0 heterocycles. The Hall–Kier alpha value is -2.08. The standard InChI is InChI=1S/C12H14ClN3O3/c1-6-8(11(18)16-12(14)19)4-3-5-9(6)15-10(17)7(2)13/h3-5,7H,1-2H3,(H,15,17)(H3,14,16,18,19)/t7-/m1/s1. The summed E-state index contributed by atoms with van der Waals surface area (Å²) in [7, 11) is 0. The summed E-state index contributed by atoms with van der Waals surface area (Å²) in [5.74, 6) is -1.00. The fourth-order valence-corrected chi connectivity index (χ4v) is 1.48. The molecule has 4 amide bonds. The van der Waals surface area contributed by atoms with Crippen LogP contribution < -0.4 is 16.4 Å². The first kappa shape index (κ1) is 15.0. The molecule has 102 valence electrons. The van der Waals surface area contributed by atoms with Gasteiger partial charge in [-0.05, 0) is 31.5 Å². The Kier molecular flexibility index (Phi) is 4.88. The summed E-state index contributed by atoms with van der Waals surface area (Å²) in [6, 6.07) is 3.80. The maximum Gasteiger partial charge on any atom is 0.319 e. The summed E-state index contributed by atoms with van der Waals surface area (Å²) >= 11 is 5.65. The van der Waals surface area contributed by atoms with Crippen molar-refractivity contribution in [2.45, 2.75) is 19.2 Å². The molecule has 0 aliphatic heterocycles. The van der Waals surface area contributed by atoms with Gasteiger partial charge in [-0.15, -0.1) is 11.6 Å². The van der Waals surface area contributed by atoms with Crippen molar-refractivity contribution in [2.75, 3.05) is 5.32 Å². The van der Waals surface area contributed by atoms with Crippen LogP contribution in [-0.4, -0.2) is 23.2 Å². The van der Waals surface area contributed by atoms with Crippen LogP contribution in [0, 0.1) is 6.92 Å². The van der Waals surface area contributed by atoms with Crippen molar-refractivity contribution in [3.05, 3.63) is 29.3 Å². The van der Waals surface area contributed by atoms with Crippen molar-refractivity contribution in [3.63, 3.8) is 0 Å². The summed E-state index contributed by atoms with van der Waals surface area (Å²) in [5.41, 5.74) is 6.10. The van der Waals surface area contributed by atoms with E-state index in [0.29, 0.717) is 11.3 Å². The lowest BCUT2D eigenvalue weighted by Crippen LogP contribution is -2.35. The zero-order valence-corrected chi connectivity index (χ0v) is 11.2. The van der Waals surface area contributed by atoms with Crippen LogP contribution in [0.3, 0.4) is 0 Å². The van der Waals surface area contributed by atoms with Gasteiger partial charge in [-0.3, -0.25) is 14.9 Å². The number of carbonyl (C=O) groups excluding carboxylic acids is 3. The molecule has 6 nitrogen and oxygen atoms in total. The highest BCUT2D eigenvalue weighted by Gasteiger charge is 2.15. The summed E-state index contributed by atoms with van der Waals surface area (Å²) in [4.78, 5) is 33.9.